The average Bonchev–Trinajstić information content (AvgIpc) is 2.79. The number of aromatic amines is 1. The lowest BCUT2D eigenvalue weighted by molar-refractivity contribution is -0.116. The predicted molar refractivity (Wildman–Crippen MR) is 119 cm³/mol. The van der Waals surface area contributed by atoms with E-state index in [9.17, 15) is 9.59 Å². The van der Waals surface area contributed by atoms with Gasteiger partial charge in [0.15, 0.2) is 11.5 Å². The zero-order valence-corrected chi connectivity index (χ0v) is 17.6. The Bertz CT molecular complexity index is 1140. The van der Waals surface area contributed by atoms with Crippen molar-refractivity contribution in [2.75, 3.05) is 19.0 Å². The van der Waals surface area contributed by atoms with Gasteiger partial charge in [0, 0.05) is 17.9 Å². The molecule has 1 aromatic heterocycles. The molecule has 1 aliphatic rings. The van der Waals surface area contributed by atoms with Crippen molar-refractivity contribution >= 4 is 11.7 Å². The molecule has 3 aromatic rings. The van der Waals surface area contributed by atoms with Gasteiger partial charge in [0.2, 0.25) is 5.91 Å². The summed E-state index contributed by atoms with van der Waals surface area (Å²) in [5.74, 6) is 1.33. The highest BCUT2D eigenvalue weighted by Gasteiger charge is 2.31. The highest BCUT2D eigenvalue weighted by Crippen LogP contribution is 2.38. The number of H-pyrrole nitrogens is 1. The molecule has 2 heterocycles. The van der Waals surface area contributed by atoms with Gasteiger partial charge in [0.25, 0.3) is 5.56 Å². The molecule has 0 unspecified atom stereocenters. The van der Waals surface area contributed by atoms with Crippen molar-refractivity contribution in [3.8, 4) is 22.9 Å². The molecule has 1 aliphatic heterocycles. The first kappa shape index (κ1) is 20.7. The van der Waals surface area contributed by atoms with Crippen LogP contribution in [0, 0.1) is 0 Å². The molecule has 1 atom stereocenters. The minimum atomic E-state index is -0.427. The zero-order chi connectivity index (χ0) is 21.8. The summed E-state index contributed by atoms with van der Waals surface area (Å²) in [6.07, 6.45) is 2.14. The lowest BCUT2D eigenvalue weighted by Gasteiger charge is -2.25. The second kappa shape index (κ2) is 9.04. The van der Waals surface area contributed by atoms with Crippen LogP contribution in [0.3, 0.4) is 0 Å². The molecular weight excluding hydrogens is 394 g/mol. The molecule has 0 aliphatic carbocycles. The number of methoxy groups -OCH3 is 1. The monoisotopic (exact) mass is 419 g/mol. The molecule has 0 bridgehead atoms. The van der Waals surface area contributed by atoms with Gasteiger partial charge in [-0.15, -0.1) is 0 Å². The van der Waals surface area contributed by atoms with Gasteiger partial charge in [-0.25, -0.2) is 4.98 Å². The van der Waals surface area contributed by atoms with Gasteiger partial charge in [-0.3, -0.25) is 9.59 Å². The van der Waals surface area contributed by atoms with Gasteiger partial charge in [-0.1, -0.05) is 49.7 Å². The standard InChI is InChI=1S/C24H25N3O4/c1-3-4-12-31-18-11-10-16(13-19(18)30-2)17-14-20(28)25-23-21(17)24(29)27-22(26-23)15-8-6-5-7-9-15/h5-11,13,17H,3-4,12,14H2,1-2H3,(H2,25,26,27,28,29)/t17-/m0/s1. The number of benzene rings is 2. The first-order valence-corrected chi connectivity index (χ1v) is 10.4. The van der Waals surface area contributed by atoms with E-state index in [0.717, 1.165) is 24.0 Å². The zero-order valence-electron chi connectivity index (χ0n) is 17.6. The minimum absolute atomic E-state index is 0.154. The van der Waals surface area contributed by atoms with Crippen LogP contribution < -0.4 is 20.3 Å². The molecule has 7 heteroatoms. The van der Waals surface area contributed by atoms with E-state index in [2.05, 4.69) is 22.2 Å². The van der Waals surface area contributed by atoms with Crippen LogP contribution in [-0.4, -0.2) is 29.6 Å². The van der Waals surface area contributed by atoms with Gasteiger partial charge in [-0.05, 0) is 24.1 Å². The maximum Gasteiger partial charge on any atom is 0.257 e. The molecule has 31 heavy (non-hydrogen) atoms. The Morgan fingerprint density at radius 2 is 1.90 bits per heavy atom. The molecule has 0 radical (unpaired) electrons. The number of nitrogens with one attached hydrogen (secondary N) is 2. The second-order valence-electron chi connectivity index (χ2n) is 7.46. The topological polar surface area (TPSA) is 93.3 Å². The van der Waals surface area contributed by atoms with Crippen molar-refractivity contribution in [2.45, 2.75) is 32.1 Å². The maximum atomic E-state index is 13.0. The summed E-state index contributed by atoms with van der Waals surface area (Å²) in [4.78, 5) is 32.9. The Hall–Kier alpha value is -3.61. The molecule has 0 spiro atoms. The average molecular weight is 419 g/mol. The van der Waals surface area contributed by atoms with E-state index in [1.807, 2.05) is 48.5 Å². The SMILES string of the molecule is CCCCOc1ccc([C@@H]2CC(=O)Nc3nc(-c4ccccc4)[nH]c(=O)c32)cc1OC. The summed E-state index contributed by atoms with van der Waals surface area (Å²) in [6, 6.07) is 14.9. The van der Waals surface area contributed by atoms with Gasteiger partial charge in [-0.2, -0.15) is 0 Å². The molecular formula is C24H25N3O4. The normalized spacial score (nSPS) is 15.2. The lowest BCUT2D eigenvalue weighted by atomic mass is 9.86. The van der Waals surface area contributed by atoms with Crippen molar-refractivity contribution < 1.29 is 14.3 Å². The van der Waals surface area contributed by atoms with Crippen molar-refractivity contribution in [1.29, 1.82) is 0 Å². The fraction of sp³-hybridized carbons (Fsp3) is 0.292. The number of carbonyl (C=O) groups is 1. The Kier molecular flexibility index (Phi) is 6.02. The van der Waals surface area contributed by atoms with Crippen molar-refractivity contribution in [3.63, 3.8) is 0 Å². The number of unbranched alkanes of at least 4 members (excludes halogenated alkanes) is 1. The van der Waals surface area contributed by atoms with Crippen LogP contribution in [0.15, 0.2) is 53.3 Å². The molecule has 0 saturated heterocycles. The van der Waals surface area contributed by atoms with E-state index < -0.39 is 5.92 Å². The quantitative estimate of drug-likeness (QED) is 0.563. The smallest absolute Gasteiger partial charge is 0.257 e. The third kappa shape index (κ3) is 4.30. The third-order valence-corrected chi connectivity index (χ3v) is 5.34. The minimum Gasteiger partial charge on any atom is -0.493 e. The molecule has 0 fully saturated rings. The van der Waals surface area contributed by atoms with Crippen LogP contribution in [0.2, 0.25) is 0 Å². The second-order valence-corrected chi connectivity index (χ2v) is 7.46. The molecule has 160 valence electrons. The van der Waals surface area contributed by atoms with Gasteiger partial charge in [0.05, 0.1) is 19.3 Å². The fourth-order valence-corrected chi connectivity index (χ4v) is 3.74. The number of hydrogen-bond donors (Lipinski definition) is 2. The molecule has 7 nitrogen and oxygen atoms in total. The van der Waals surface area contributed by atoms with Gasteiger partial charge < -0.3 is 19.8 Å². The van der Waals surface area contributed by atoms with Crippen LogP contribution in [0.4, 0.5) is 5.82 Å². The number of carbonyl (C=O) groups excluding carboxylic acids is 1. The van der Waals surface area contributed by atoms with Crippen LogP contribution in [0.5, 0.6) is 11.5 Å². The highest BCUT2D eigenvalue weighted by molar-refractivity contribution is 5.94. The third-order valence-electron chi connectivity index (χ3n) is 5.34. The lowest BCUT2D eigenvalue weighted by Crippen LogP contribution is -2.31. The van der Waals surface area contributed by atoms with E-state index in [1.54, 1.807) is 7.11 Å². The number of hydrogen-bond acceptors (Lipinski definition) is 5. The summed E-state index contributed by atoms with van der Waals surface area (Å²) in [7, 11) is 1.58. The van der Waals surface area contributed by atoms with E-state index >= 15 is 0 Å². The molecule has 0 saturated carbocycles. The maximum absolute atomic E-state index is 13.0. The van der Waals surface area contributed by atoms with Crippen molar-refractivity contribution in [1.82, 2.24) is 9.97 Å². The molecule has 1 amide bonds. The molecule has 4 rings (SSSR count). The summed E-state index contributed by atoms with van der Waals surface area (Å²) in [5.41, 5.74) is 1.75. The van der Waals surface area contributed by atoms with Crippen LogP contribution >= 0.6 is 0 Å². The number of ether oxygens (including phenoxy) is 2. The van der Waals surface area contributed by atoms with Crippen molar-refractivity contribution in [3.05, 3.63) is 70.0 Å². The number of anilines is 1. The summed E-state index contributed by atoms with van der Waals surface area (Å²) < 4.78 is 11.3. The van der Waals surface area contributed by atoms with E-state index in [-0.39, 0.29) is 17.9 Å². The summed E-state index contributed by atoms with van der Waals surface area (Å²) in [5, 5.41) is 2.76. The first-order valence-electron chi connectivity index (χ1n) is 10.4. The fourth-order valence-electron chi connectivity index (χ4n) is 3.74. The number of amides is 1. The Morgan fingerprint density at radius 3 is 2.65 bits per heavy atom. The number of aromatic nitrogens is 2. The molecule has 2 N–H and O–H groups in total. The first-order chi connectivity index (χ1) is 15.1. The van der Waals surface area contributed by atoms with E-state index in [4.69, 9.17) is 9.47 Å². The van der Waals surface area contributed by atoms with Gasteiger partial charge in [0.1, 0.15) is 11.6 Å². The largest absolute Gasteiger partial charge is 0.493 e. The Balaban J connectivity index is 1.73. The number of rotatable bonds is 7. The predicted octanol–water partition coefficient (Wildman–Crippen LogP) is 4.10. The van der Waals surface area contributed by atoms with Gasteiger partial charge >= 0.3 is 0 Å². The summed E-state index contributed by atoms with van der Waals surface area (Å²) in [6.45, 7) is 2.71. The van der Waals surface area contributed by atoms with Crippen molar-refractivity contribution in [2.24, 2.45) is 0 Å². The summed E-state index contributed by atoms with van der Waals surface area (Å²) >= 11 is 0. The van der Waals surface area contributed by atoms with E-state index in [1.165, 1.54) is 0 Å². The Labute approximate surface area is 180 Å². The van der Waals surface area contributed by atoms with Crippen LogP contribution in [0.1, 0.15) is 43.2 Å². The van der Waals surface area contributed by atoms with Crippen LogP contribution in [-0.2, 0) is 4.79 Å². The molecule has 2 aromatic carbocycles. The number of fused-ring (bicyclic) bond motifs is 1. The van der Waals surface area contributed by atoms with Crippen LogP contribution in [0.25, 0.3) is 11.4 Å². The van der Waals surface area contributed by atoms with E-state index in [0.29, 0.717) is 35.3 Å². The Morgan fingerprint density at radius 1 is 1.10 bits per heavy atom. The number of nitrogens with zero attached hydrogens (tertiary/aromatic N) is 1. The highest BCUT2D eigenvalue weighted by atomic mass is 16.5.